The molecule has 0 saturated heterocycles. The van der Waals surface area contributed by atoms with Crippen LogP contribution >= 0.6 is 11.3 Å². The van der Waals surface area contributed by atoms with Crippen LogP contribution in [0.2, 0.25) is 0 Å². The van der Waals surface area contributed by atoms with Gasteiger partial charge in [0.2, 0.25) is 5.95 Å². The third-order valence-electron chi connectivity index (χ3n) is 5.18. The molecule has 3 aromatic carbocycles. The van der Waals surface area contributed by atoms with Crippen molar-refractivity contribution in [2.24, 2.45) is 0 Å². The molecule has 5 aromatic rings. The minimum absolute atomic E-state index is 0.177. The van der Waals surface area contributed by atoms with E-state index in [-0.39, 0.29) is 4.90 Å². The fourth-order valence-corrected chi connectivity index (χ4v) is 5.48. The van der Waals surface area contributed by atoms with Crippen molar-refractivity contribution in [2.45, 2.75) is 4.90 Å². The Morgan fingerprint density at radius 1 is 0.879 bits per heavy atom. The number of rotatable bonds is 6. The molecule has 0 fully saturated rings. The van der Waals surface area contributed by atoms with Crippen LogP contribution in [0.3, 0.4) is 0 Å². The van der Waals surface area contributed by atoms with E-state index >= 15 is 0 Å². The number of hydrogen-bond acceptors (Lipinski definition) is 7. The van der Waals surface area contributed by atoms with Gasteiger partial charge in [-0.05, 0) is 41.1 Å². The largest absolute Gasteiger partial charge is 0.324 e. The summed E-state index contributed by atoms with van der Waals surface area (Å²) in [6, 6.07) is 22.6. The van der Waals surface area contributed by atoms with Gasteiger partial charge in [0.1, 0.15) is 0 Å². The van der Waals surface area contributed by atoms with Crippen LogP contribution in [0.1, 0.15) is 0 Å². The van der Waals surface area contributed by atoms with Crippen molar-refractivity contribution in [3.63, 3.8) is 0 Å². The van der Waals surface area contributed by atoms with E-state index in [0.717, 1.165) is 22.0 Å². The highest BCUT2D eigenvalue weighted by Crippen LogP contribution is 2.28. The molecule has 0 amide bonds. The van der Waals surface area contributed by atoms with Gasteiger partial charge in [0, 0.05) is 36.1 Å². The highest BCUT2D eigenvalue weighted by molar-refractivity contribution is 7.93. The number of fused-ring (bicyclic) bond motifs is 1. The number of hydrogen-bond donors (Lipinski definition) is 1. The molecule has 2 heterocycles. The smallest absolute Gasteiger partial charge is 0.265 e. The summed E-state index contributed by atoms with van der Waals surface area (Å²) in [6.45, 7) is 0. The molecule has 2 aromatic heterocycles. The number of thiazole rings is 1. The topological polar surface area (TPSA) is 88.1 Å². The predicted octanol–water partition coefficient (Wildman–Crippen LogP) is 5.32. The van der Waals surface area contributed by atoms with Crippen molar-refractivity contribution in [2.75, 3.05) is 16.7 Å². The number of aromatic nitrogens is 3. The van der Waals surface area contributed by atoms with Gasteiger partial charge in [-0.3, -0.25) is 0 Å². The summed E-state index contributed by atoms with van der Waals surface area (Å²) in [5.41, 5.74) is 2.50. The molecule has 0 aliphatic heterocycles. The first-order valence-corrected chi connectivity index (χ1v) is 12.4. The summed E-state index contributed by atoms with van der Waals surface area (Å²) in [7, 11) is -2.20. The molecule has 0 atom stereocenters. The van der Waals surface area contributed by atoms with Gasteiger partial charge in [-0.25, -0.2) is 27.7 Å². The monoisotopic (exact) mass is 473 g/mol. The van der Waals surface area contributed by atoms with E-state index in [9.17, 15) is 8.42 Å². The van der Waals surface area contributed by atoms with Gasteiger partial charge < -0.3 is 5.32 Å². The summed E-state index contributed by atoms with van der Waals surface area (Å²) in [4.78, 5) is 13.2. The molecule has 0 saturated carbocycles. The van der Waals surface area contributed by atoms with Gasteiger partial charge in [-0.15, -0.1) is 11.3 Å². The molecule has 0 bridgehead atoms. The molecule has 1 N–H and O–H groups in total. The molecule has 0 aliphatic carbocycles. The molecular weight excluding hydrogens is 454 g/mol. The maximum absolute atomic E-state index is 12.9. The molecule has 0 radical (unpaired) electrons. The fourth-order valence-electron chi connectivity index (χ4n) is 3.49. The first-order valence-electron chi connectivity index (χ1n) is 10.1. The molecule has 0 aliphatic rings. The van der Waals surface area contributed by atoms with Gasteiger partial charge in [0.15, 0.2) is 5.13 Å². The molecule has 9 heteroatoms. The van der Waals surface area contributed by atoms with Crippen LogP contribution in [0.5, 0.6) is 0 Å². The van der Waals surface area contributed by atoms with Crippen molar-refractivity contribution in [3.05, 3.63) is 90.6 Å². The minimum Gasteiger partial charge on any atom is -0.324 e. The van der Waals surface area contributed by atoms with Crippen LogP contribution < -0.4 is 9.62 Å². The van der Waals surface area contributed by atoms with E-state index in [1.165, 1.54) is 22.7 Å². The Morgan fingerprint density at radius 3 is 2.45 bits per heavy atom. The van der Waals surface area contributed by atoms with Gasteiger partial charge in [0.25, 0.3) is 10.0 Å². The SMILES string of the molecule is CN(c1nccs1)S(=O)(=O)c1ccc(Nc2nccc(-c3cccc4ccccc34)n2)cc1. The Morgan fingerprint density at radius 2 is 1.67 bits per heavy atom. The first kappa shape index (κ1) is 21.0. The van der Waals surface area contributed by atoms with Crippen molar-refractivity contribution >= 4 is 48.9 Å². The lowest BCUT2D eigenvalue weighted by Crippen LogP contribution is -2.26. The first-order chi connectivity index (χ1) is 16.0. The molecule has 7 nitrogen and oxygen atoms in total. The van der Waals surface area contributed by atoms with E-state index in [4.69, 9.17) is 0 Å². The zero-order chi connectivity index (χ0) is 22.8. The average molecular weight is 474 g/mol. The second-order valence-corrected chi connectivity index (χ2v) is 10.1. The van der Waals surface area contributed by atoms with E-state index in [0.29, 0.717) is 16.8 Å². The van der Waals surface area contributed by atoms with E-state index in [1.807, 2.05) is 30.3 Å². The van der Waals surface area contributed by atoms with Crippen molar-refractivity contribution in [1.29, 1.82) is 0 Å². The Labute approximate surface area is 195 Å². The summed E-state index contributed by atoms with van der Waals surface area (Å²) >= 11 is 1.26. The summed E-state index contributed by atoms with van der Waals surface area (Å²) < 4.78 is 26.9. The second kappa shape index (κ2) is 8.61. The predicted molar refractivity (Wildman–Crippen MR) is 132 cm³/mol. The van der Waals surface area contributed by atoms with Crippen molar-refractivity contribution in [1.82, 2.24) is 15.0 Å². The summed E-state index contributed by atoms with van der Waals surface area (Å²) in [6.07, 6.45) is 3.28. The zero-order valence-electron chi connectivity index (χ0n) is 17.6. The normalized spacial score (nSPS) is 11.4. The van der Waals surface area contributed by atoms with Gasteiger partial charge in [0.05, 0.1) is 10.6 Å². The van der Waals surface area contributed by atoms with Crippen LogP contribution in [0, 0.1) is 0 Å². The van der Waals surface area contributed by atoms with Crippen LogP contribution in [-0.2, 0) is 10.0 Å². The van der Waals surface area contributed by atoms with Crippen LogP contribution in [-0.4, -0.2) is 30.4 Å². The molecule has 0 unspecified atom stereocenters. The third kappa shape index (κ3) is 4.15. The van der Waals surface area contributed by atoms with E-state index in [2.05, 4.69) is 38.5 Å². The highest BCUT2D eigenvalue weighted by atomic mass is 32.2. The average Bonchev–Trinajstić information content (AvgIpc) is 3.39. The lowest BCUT2D eigenvalue weighted by Gasteiger charge is -2.16. The van der Waals surface area contributed by atoms with Crippen LogP contribution in [0.25, 0.3) is 22.0 Å². The number of benzene rings is 3. The standard InChI is InChI=1S/C24H19N5O2S2/c1-29(24-26-15-16-32-24)33(30,31)19-11-9-18(10-12-19)27-23-25-14-13-22(28-23)21-8-4-6-17-5-2-3-7-20(17)21/h2-16H,1H3,(H,25,27,28). The maximum atomic E-state index is 12.9. The maximum Gasteiger partial charge on any atom is 0.265 e. The highest BCUT2D eigenvalue weighted by Gasteiger charge is 2.22. The third-order valence-corrected chi connectivity index (χ3v) is 7.90. The van der Waals surface area contributed by atoms with Crippen LogP contribution in [0.15, 0.2) is 95.5 Å². The Bertz CT molecular complexity index is 1510. The lowest BCUT2D eigenvalue weighted by molar-refractivity contribution is 0.594. The summed E-state index contributed by atoms with van der Waals surface area (Å²) in [5.74, 6) is 0.427. The Kier molecular flexibility index (Phi) is 5.49. The van der Waals surface area contributed by atoms with E-state index < -0.39 is 10.0 Å². The Hall–Kier alpha value is -3.82. The van der Waals surface area contributed by atoms with Crippen molar-refractivity contribution < 1.29 is 8.42 Å². The minimum atomic E-state index is -3.69. The van der Waals surface area contributed by atoms with Crippen molar-refractivity contribution in [3.8, 4) is 11.3 Å². The second-order valence-electron chi connectivity index (χ2n) is 7.23. The Balaban J connectivity index is 1.39. The lowest BCUT2D eigenvalue weighted by atomic mass is 10.0. The molecule has 164 valence electrons. The summed E-state index contributed by atoms with van der Waals surface area (Å²) in [5, 5.41) is 7.56. The molecular formula is C24H19N5O2S2. The number of nitrogens with zero attached hydrogens (tertiary/aromatic N) is 4. The van der Waals surface area contributed by atoms with E-state index in [1.54, 1.807) is 42.0 Å². The number of sulfonamides is 1. The number of anilines is 3. The molecule has 0 spiro atoms. The van der Waals surface area contributed by atoms with Gasteiger partial charge in [-0.1, -0.05) is 42.5 Å². The van der Waals surface area contributed by atoms with Gasteiger partial charge >= 0.3 is 0 Å². The van der Waals surface area contributed by atoms with Gasteiger partial charge in [-0.2, -0.15) is 0 Å². The quantitative estimate of drug-likeness (QED) is 0.359. The fraction of sp³-hybridized carbons (Fsp3) is 0.0417. The molecule has 33 heavy (non-hydrogen) atoms. The zero-order valence-corrected chi connectivity index (χ0v) is 19.2. The van der Waals surface area contributed by atoms with Crippen LogP contribution in [0.4, 0.5) is 16.8 Å². The molecule has 5 rings (SSSR count). The number of nitrogens with one attached hydrogen (secondary N) is 1.